The van der Waals surface area contributed by atoms with Gasteiger partial charge in [0, 0.05) is 0 Å². The zero-order valence-electron chi connectivity index (χ0n) is 13.8. The first-order valence-electron chi connectivity index (χ1n) is 7.85. The van der Waals surface area contributed by atoms with Crippen molar-refractivity contribution in [3.05, 3.63) is 47.0 Å². The molecule has 0 aliphatic rings. The molecule has 2 aromatic heterocycles. The molecule has 3 rings (SSSR count). The van der Waals surface area contributed by atoms with Crippen molar-refractivity contribution >= 4 is 11.9 Å². The molecule has 0 radical (unpaired) electrons. The van der Waals surface area contributed by atoms with E-state index in [1.807, 2.05) is 12.1 Å². The molecular weight excluding hydrogens is 322 g/mol. The van der Waals surface area contributed by atoms with Crippen LogP contribution in [-0.4, -0.2) is 40.9 Å². The van der Waals surface area contributed by atoms with Crippen LogP contribution in [0.3, 0.4) is 0 Å². The molecule has 0 spiro atoms. The Kier molecular flexibility index (Phi) is 4.68. The third-order valence-corrected chi connectivity index (χ3v) is 3.74. The zero-order chi connectivity index (χ0) is 17.8. The van der Waals surface area contributed by atoms with Crippen LogP contribution in [0.5, 0.6) is 0 Å². The van der Waals surface area contributed by atoms with E-state index in [-0.39, 0.29) is 18.9 Å². The van der Waals surface area contributed by atoms with E-state index in [2.05, 4.69) is 44.7 Å². The number of aromatic nitrogens is 7. The predicted octanol–water partition coefficient (Wildman–Crippen LogP) is -0.466. The minimum Gasteiger partial charge on any atom is -0.369 e. The number of hydrogen-bond donors (Lipinski definition) is 2. The third-order valence-electron chi connectivity index (χ3n) is 3.74. The quantitative estimate of drug-likeness (QED) is 0.591. The number of carbonyl (C=O) groups is 1. The van der Waals surface area contributed by atoms with Crippen molar-refractivity contribution in [3.8, 4) is 0 Å². The smallest absolute Gasteiger partial charge is 0.240 e. The third kappa shape index (κ3) is 3.97. The van der Waals surface area contributed by atoms with E-state index in [9.17, 15) is 4.79 Å². The minimum atomic E-state index is -0.488. The topological polar surface area (TPSA) is 143 Å². The molecule has 4 N–H and O–H groups in total. The molecule has 2 heterocycles. The summed E-state index contributed by atoms with van der Waals surface area (Å²) in [6, 6.07) is 8.25. The highest BCUT2D eigenvalue weighted by atomic mass is 16.1. The molecule has 3 aromatic rings. The summed E-state index contributed by atoms with van der Waals surface area (Å²) in [6.45, 7) is 2.86. The largest absolute Gasteiger partial charge is 0.369 e. The molecule has 1 amide bonds. The molecule has 0 aliphatic carbocycles. The second-order valence-corrected chi connectivity index (χ2v) is 5.61. The first-order chi connectivity index (χ1) is 12.0. The van der Waals surface area contributed by atoms with Gasteiger partial charge in [0.05, 0.1) is 13.0 Å². The second-order valence-electron chi connectivity index (χ2n) is 5.61. The molecule has 0 saturated heterocycles. The molecule has 0 fully saturated rings. The summed E-state index contributed by atoms with van der Waals surface area (Å²) in [5.74, 6) is 0.644. The molecule has 0 saturated carbocycles. The first-order valence-corrected chi connectivity index (χ1v) is 7.85. The Balaban J connectivity index is 1.87. The van der Waals surface area contributed by atoms with E-state index in [0.29, 0.717) is 18.2 Å². The van der Waals surface area contributed by atoms with E-state index >= 15 is 0 Å². The molecule has 10 nitrogen and oxygen atoms in total. The van der Waals surface area contributed by atoms with Gasteiger partial charge in [0.15, 0.2) is 5.82 Å². The Bertz CT molecular complexity index is 866. The summed E-state index contributed by atoms with van der Waals surface area (Å²) >= 11 is 0. The summed E-state index contributed by atoms with van der Waals surface area (Å²) in [5, 5.41) is 15.4. The lowest BCUT2D eigenvalue weighted by Gasteiger charge is -2.07. The Morgan fingerprint density at radius 2 is 1.84 bits per heavy atom. The predicted molar refractivity (Wildman–Crippen MR) is 89.2 cm³/mol. The van der Waals surface area contributed by atoms with Crippen LogP contribution in [0.15, 0.2) is 24.3 Å². The number of hydrogen-bond acceptors (Lipinski definition) is 7. The monoisotopic (exact) mass is 341 g/mol. The van der Waals surface area contributed by atoms with E-state index < -0.39 is 5.91 Å². The van der Waals surface area contributed by atoms with Crippen molar-refractivity contribution in [2.24, 2.45) is 5.73 Å². The van der Waals surface area contributed by atoms with Gasteiger partial charge in [-0.2, -0.15) is 5.10 Å². The Hall–Kier alpha value is -3.30. The van der Waals surface area contributed by atoms with Crippen molar-refractivity contribution in [1.82, 2.24) is 35.0 Å². The van der Waals surface area contributed by atoms with E-state index in [4.69, 9.17) is 11.5 Å². The standard InChI is InChI=1S/C15H19N9O/c1-2-10-3-5-11(6-4-10)8-23-14(9-24-15(17)19-21-22-24)18-13(20-23)7-12(16)25/h3-6H,2,7-9H2,1H3,(H2,16,25)(H2,17,19,22). The number of amides is 1. The van der Waals surface area contributed by atoms with Gasteiger partial charge in [-0.1, -0.05) is 36.3 Å². The maximum absolute atomic E-state index is 11.2. The number of anilines is 1. The lowest BCUT2D eigenvalue weighted by Crippen LogP contribution is -2.15. The van der Waals surface area contributed by atoms with Gasteiger partial charge in [-0.3, -0.25) is 4.79 Å². The second kappa shape index (κ2) is 7.07. The molecule has 0 bridgehead atoms. The van der Waals surface area contributed by atoms with Gasteiger partial charge >= 0.3 is 0 Å². The van der Waals surface area contributed by atoms with Gasteiger partial charge in [-0.25, -0.2) is 14.3 Å². The molecule has 0 unspecified atom stereocenters. The van der Waals surface area contributed by atoms with Crippen LogP contribution < -0.4 is 11.5 Å². The van der Waals surface area contributed by atoms with E-state index in [1.54, 1.807) is 4.68 Å². The fourth-order valence-electron chi connectivity index (χ4n) is 2.41. The Labute approximate surface area is 143 Å². The van der Waals surface area contributed by atoms with Gasteiger partial charge in [-0.15, -0.1) is 0 Å². The highest BCUT2D eigenvalue weighted by Gasteiger charge is 2.14. The SMILES string of the molecule is CCc1ccc(Cn2nc(CC(N)=O)nc2Cn2nnnc2N)cc1. The van der Waals surface area contributed by atoms with Gasteiger partial charge in [0.2, 0.25) is 11.9 Å². The van der Waals surface area contributed by atoms with Gasteiger partial charge < -0.3 is 11.5 Å². The molecule has 10 heteroatoms. The maximum Gasteiger partial charge on any atom is 0.240 e. The number of nitrogens with two attached hydrogens (primary N) is 2. The molecule has 0 aliphatic heterocycles. The summed E-state index contributed by atoms with van der Waals surface area (Å²) in [4.78, 5) is 15.5. The number of aryl methyl sites for hydroxylation is 1. The number of primary amides is 1. The van der Waals surface area contributed by atoms with Crippen molar-refractivity contribution in [2.45, 2.75) is 32.9 Å². The highest BCUT2D eigenvalue weighted by molar-refractivity contribution is 5.75. The number of tetrazole rings is 1. The lowest BCUT2D eigenvalue weighted by molar-refractivity contribution is -0.117. The lowest BCUT2D eigenvalue weighted by atomic mass is 10.1. The van der Waals surface area contributed by atoms with E-state index in [0.717, 1.165) is 12.0 Å². The maximum atomic E-state index is 11.2. The summed E-state index contributed by atoms with van der Waals surface area (Å²) in [5.41, 5.74) is 13.3. The van der Waals surface area contributed by atoms with Gasteiger partial charge in [0.25, 0.3) is 0 Å². The van der Waals surface area contributed by atoms with Crippen LogP contribution in [0.2, 0.25) is 0 Å². The van der Waals surface area contributed by atoms with Crippen LogP contribution in [0, 0.1) is 0 Å². The Morgan fingerprint density at radius 3 is 2.44 bits per heavy atom. The summed E-state index contributed by atoms with van der Waals surface area (Å²) in [7, 11) is 0. The number of nitrogen functional groups attached to an aromatic ring is 1. The van der Waals surface area contributed by atoms with E-state index in [1.165, 1.54) is 10.2 Å². The summed E-state index contributed by atoms with van der Waals surface area (Å²) in [6.07, 6.45) is 0.954. The number of rotatable bonds is 7. The fraction of sp³-hybridized carbons (Fsp3) is 0.333. The normalized spacial score (nSPS) is 10.9. The minimum absolute atomic E-state index is 0.0279. The molecular formula is C15H19N9O. The highest BCUT2D eigenvalue weighted by Crippen LogP contribution is 2.10. The summed E-state index contributed by atoms with van der Waals surface area (Å²) < 4.78 is 3.12. The fourth-order valence-corrected chi connectivity index (χ4v) is 2.41. The van der Waals surface area contributed by atoms with Crippen molar-refractivity contribution in [2.75, 3.05) is 5.73 Å². The van der Waals surface area contributed by atoms with Crippen molar-refractivity contribution < 1.29 is 4.79 Å². The molecule has 25 heavy (non-hydrogen) atoms. The first kappa shape index (κ1) is 16.6. The number of nitrogens with zero attached hydrogens (tertiary/aromatic N) is 7. The van der Waals surface area contributed by atoms with Crippen molar-refractivity contribution in [3.63, 3.8) is 0 Å². The molecule has 130 valence electrons. The zero-order valence-corrected chi connectivity index (χ0v) is 13.8. The van der Waals surface area contributed by atoms with Crippen molar-refractivity contribution in [1.29, 1.82) is 0 Å². The van der Waals surface area contributed by atoms with Gasteiger partial charge in [0.1, 0.15) is 12.4 Å². The van der Waals surface area contributed by atoms with Crippen LogP contribution in [0.4, 0.5) is 5.95 Å². The molecule has 1 aromatic carbocycles. The molecule has 0 atom stereocenters. The van der Waals surface area contributed by atoms with Crippen LogP contribution in [0.25, 0.3) is 0 Å². The number of carbonyl (C=O) groups excluding carboxylic acids is 1. The van der Waals surface area contributed by atoms with Crippen LogP contribution in [-0.2, 0) is 30.7 Å². The number of benzene rings is 1. The van der Waals surface area contributed by atoms with Crippen LogP contribution in [0.1, 0.15) is 29.7 Å². The average molecular weight is 341 g/mol. The average Bonchev–Trinajstić information content (AvgIpc) is 3.14. The van der Waals surface area contributed by atoms with Gasteiger partial charge in [-0.05, 0) is 28.0 Å². The van der Waals surface area contributed by atoms with Crippen LogP contribution >= 0.6 is 0 Å². The Morgan fingerprint density at radius 1 is 1.12 bits per heavy atom.